The summed E-state index contributed by atoms with van der Waals surface area (Å²) in [7, 11) is 0. The molecule has 36 heavy (non-hydrogen) atoms. The first-order chi connectivity index (χ1) is 17.2. The van der Waals surface area contributed by atoms with E-state index in [0.29, 0.717) is 30.4 Å². The number of pyridine rings is 1. The molecule has 1 aromatic heterocycles. The zero-order valence-corrected chi connectivity index (χ0v) is 21.1. The van der Waals surface area contributed by atoms with E-state index in [1.54, 1.807) is 30.3 Å². The minimum Gasteiger partial charge on any atom is -0.341 e. The summed E-state index contributed by atoms with van der Waals surface area (Å²) >= 11 is 0. The van der Waals surface area contributed by atoms with Crippen LogP contribution in [0, 0.1) is 11.8 Å². The van der Waals surface area contributed by atoms with Gasteiger partial charge in [0.1, 0.15) is 6.04 Å². The molecule has 3 atom stereocenters. The van der Waals surface area contributed by atoms with Crippen molar-refractivity contribution in [2.24, 2.45) is 11.8 Å². The maximum atomic E-state index is 14.1. The smallest absolute Gasteiger partial charge is 0.262 e. The molecule has 3 amide bonds. The lowest BCUT2D eigenvalue weighted by atomic mass is 9.63. The number of allylic oxidation sites excluding steroid dienone is 2. The van der Waals surface area contributed by atoms with E-state index in [1.807, 2.05) is 33.8 Å². The van der Waals surface area contributed by atoms with E-state index in [-0.39, 0.29) is 23.3 Å². The van der Waals surface area contributed by atoms with E-state index in [4.69, 9.17) is 0 Å². The maximum absolute atomic E-state index is 14.1. The molecule has 0 saturated carbocycles. The normalized spacial score (nSPS) is 24.5. The van der Waals surface area contributed by atoms with Crippen LogP contribution in [0.25, 0.3) is 0 Å². The van der Waals surface area contributed by atoms with Gasteiger partial charge in [-0.2, -0.15) is 0 Å². The number of hydrogen-bond acceptors (Lipinski definition) is 4. The van der Waals surface area contributed by atoms with Crippen molar-refractivity contribution in [2.45, 2.75) is 58.5 Å². The number of nitrogens with zero attached hydrogens (tertiary/aromatic N) is 1. The molecule has 0 saturated heterocycles. The van der Waals surface area contributed by atoms with Crippen LogP contribution in [0.15, 0.2) is 64.5 Å². The zero-order chi connectivity index (χ0) is 25.8. The van der Waals surface area contributed by atoms with Crippen molar-refractivity contribution >= 4 is 17.7 Å². The number of fused-ring (bicyclic) bond motifs is 5. The molecule has 186 valence electrons. The summed E-state index contributed by atoms with van der Waals surface area (Å²) in [5.41, 5.74) is 3.49. The lowest BCUT2D eigenvalue weighted by Crippen LogP contribution is -2.59. The molecule has 2 aromatic rings. The fourth-order valence-electron chi connectivity index (χ4n) is 6.25. The van der Waals surface area contributed by atoms with Gasteiger partial charge in [0.15, 0.2) is 0 Å². The molecule has 2 N–H and O–H groups in total. The molecule has 0 radical (unpaired) electrons. The monoisotopic (exact) mass is 485 g/mol. The van der Waals surface area contributed by atoms with Crippen molar-refractivity contribution < 1.29 is 14.4 Å². The molecule has 2 bridgehead atoms. The Morgan fingerprint density at radius 2 is 1.81 bits per heavy atom. The van der Waals surface area contributed by atoms with E-state index < -0.39 is 23.4 Å². The molecule has 1 aliphatic heterocycles. The molecule has 2 aliphatic carbocycles. The molecule has 0 fully saturated rings. The molecule has 3 aliphatic rings. The number of carbonyl (C=O) groups is 3. The molecular formula is C29H31N3O4. The minimum atomic E-state index is -0.956. The lowest BCUT2D eigenvalue weighted by molar-refractivity contribution is -0.127. The summed E-state index contributed by atoms with van der Waals surface area (Å²) in [4.78, 5) is 57.0. The van der Waals surface area contributed by atoms with Crippen molar-refractivity contribution in [3.05, 3.63) is 92.4 Å². The highest BCUT2D eigenvalue weighted by atomic mass is 16.2. The average molecular weight is 486 g/mol. The third kappa shape index (κ3) is 3.65. The second-order valence-electron chi connectivity index (χ2n) is 10.5. The number of nitrogens with one attached hydrogen (secondary N) is 2. The van der Waals surface area contributed by atoms with Crippen molar-refractivity contribution in [2.75, 3.05) is 0 Å². The van der Waals surface area contributed by atoms with Crippen LogP contribution in [0.4, 0.5) is 0 Å². The largest absolute Gasteiger partial charge is 0.341 e. The quantitative estimate of drug-likeness (QED) is 0.496. The Labute approximate surface area is 210 Å². The average Bonchev–Trinajstić information content (AvgIpc) is 3.06. The fraction of sp³-hybridized carbons (Fsp3) is 0.379. The van der Waals surface area contributed by atoms with Gasteiger partial charge in [-0.3, -0.25) is 24.1 Å². The van der Waals surface area contributed by atoms with E-state index in [9.17, 15) is 19.2 Å². The highest BCUT2D eigenvalue weighted by molar-refractivity contribution is 6.22. The molecule has 7 nitrogen and oxygen atoms in total. The lowest BCUT2D eigenvalue weighted by Gasteiger charge is -2.48. The number of hydrogen-bond donors (Lipinski definition) is 2. The Morgan fingerprint density at radius 1 is 1.14 bits per heavy atom. The molecule has 2 heterocycles. The number of aromatic amines is 1. The first kappa shape index (κ1) is 24.0. The van der Waals surface area contributed by atoms with Crippen molar-refractivity contribution in [3.8, 4) is 0 Å². The third-order valence-corrected chi connectivity index (χ3v) is 7.59. The van der Waals surface area contributed by atoms with Crippen LogP contribution in [-0.4, -0.2) is 33.6 Å². The van der Waals surface area contributed by atoms with Crippen LogP contribution in [-0.2, 0) is 16.8 Å². The van der Waals surface area contributed by atoms with Gasteiger partial charge in [0.2, 0.25) is 11.5 Å². The number of carbonyl (C=O) groups excluding carboxylic acids is 3. The van der Waals surface area contributed by atoms with Crippen molar-refractivity contribution in [1.82, 2.24) is 15.2 Å². The van der Waals surface area contributed by atoms with E-state index >= 15 is 0 Å². The molecule has 5 rings (SSSR count). The van der Waals surface area contributed by atoms with Gasteiger partial charge in [-0.1, -0.05) is 43.7 Å². The molecule has 7 heteroatoms. The highest BCUT2D eigenvalue weighted by Crippen LogP contribution is 2.49. The molecular weight excluding hydrogens is 454 g/mol. The van der Waals surface area contributed by atoms with Gasteiger partial charge in [-0.15, -0.1) is 0 Å². The molecule has 1 aromatic carbocycles. The second-order valence-corrected chi connectivity index (χ2v) is 10.5. The summed E-state index contributed by atoms with van der Waals surface area (Å²) in [6, 6.07) is 9.03. The second kappa shape index (κ2) is 8.73. The summed E-state index contributed by atoms with van der Waals surface area (Å²) < 4.78 is 0. The molecule has 3 unspecified atom stereocenters. The summed E-state index contributed by atoms with van der Waals surface area (Å²) in [5.74, 6) is -1.14. The Hall–Kier alpha value is -3.74. The Morgan fingerprint density at radius 3 is 2.42 bits per heavy atom. The van der Waals surface area contributed by atoms with Gasteiger partial charge < -0.3 is 10.3 Å². The van der Waals surface area contributed by atoms with Gasteiger partial charge in [-0.05, 0) is 62.8 Å². The SMILES string of the molecule is C/C=C1\C2C=C(C)CC1(NC(=O)C(CC(C)C)N1C(=O)c3ccccc3C1=O)c1ccc(=O)[nH]c1C2. The van der Waals surface area contributed by atoms with Gasteiger partial charge in [0.05, 0.1) is 16.7 Å². The first-order valence-electron chi connectivity index (χ1n) is 12.5. The summed E-state index contributed by atoms with van der Waals surface area (Å²) in [6.07, 6.45) is 5.78. The number of amides is 3. The van der Waals surface area contributed by atoms with E-state index in [2.05, 4.69) is 16.4 Å². The van der Waals surface area contributed by atoms with Crippen LogP contribution in [0.1, 0.15) is 72.5 Å². The van der Waals surface area contributed by atoms with E-state index in [1.165, 1.54) is 6.07 Å². The Kier molecular flexibility index (Phi) is 5.81. The Bertz CT molecular complexity index is 1360. The standard InChI is InChI=1S/C29H31N3O4/c1-5-21-18-13-17(4)15-29(21,22-10-11-25(33)30-23(22)14-18)31-26(34)24(12-16(2)3)32-27(35)19-8-6-7-9-20(19)28(32)36/h5-11,13,16,18,24H,12,14-15H2,1-4H3,(H,30,33)(H,31,34)/b21-5+. The van der Waals surface area contributed by atoms with Crippen molar-refractivity contribution in [1.29, 1.82) is 0 Å². The van der Waals surface area contributed by atoms with Crippen LogP contribution in [0.2, 0.25) is 0 Å². The van der Waals surface area contributed by atoms with Crippen LogP contribution in [0.5, 0.6) is 0 Å². The zero-order valence-electron chi connectivity index (χ0n) is 21.1. The van der Waals surface area contributed by atoms with Gasteiger partial charge in [0, 0.05) is 23.2 Å². The number of imide groups is 1. The summed E-state index contributed by atoms with van der Waals surface area (Å²) in [5, 5.41) is 3.30. The maximum Gasteiger partial charge on any atom is 0.262 e. The van der Waals surface area contributed by atoms with Gasteiger partial charge in [0.25, 0.3) is 11.8 Å². The Balaban J connectivity index is 1.59. The number of aromatic nitrogens is 1. The number of rotatable bonds is 5. The topological polar surface area (TPSA) is 99.3 Å². The van der Waals surface area contributed by atoms with Crippen molar-refractivity contribution in [3.63, 3.8) is 0 Å². The van der Waals surface area contributed by atoms with Gasteiger partial charge in [-0.25, -0.2) is 0 Å². The van der Waals surface area contributed by atoms with Gasteiger partial charge >= 0.3 is 0 Å². The predicted octanol–water partition coefficient (Wildman–Crippen LogP) is 3.87. The molecule has 0 spiro atoms. The van der Waals surface area contributed by atoms with Crippen LogP contribution >= 0.6 is 0 Å². The van der Waals surface area contributed by atoms with Crippen LogP contribution < -0.4 is 10.9 Å². The predicted molar refractivity (Wildman–Crippen MR) is 136 cm³/mol. The third-order valence-electron chi connectivity index (χ3n) is 7.59. The minimum absolute atomic E-state index is 0.0393. The fourth-order valence-corrected chi connectivity index (χ4v) is 6.25. The number of H-pyrrole nitrogens is 1. The highest BCUT2D eigenvalue weighted by Gasteiger charge is 2.50. The van der Waals surface area contributed by atoms with E-state index in [0.717, 1.165) is 27.3 Å². The summed E-state index contributed by atoms with van der Waals surface area (Å²) in [6.45, 7) is 7.95. The first-order valence-corrected chi connectivity index (χ1v) is 12.5. The van der Waals surface area contributed by atoms with Crippen LogP contribution in [0.3, 0.4) is 0 Å². The number of benzene rings is 1.